The first-order valence-electron chi connectivity index (χ1n) is 6.43. The highest BCUT2D eigenvalue weighted by atomic mass is 35.5. The van der Waals surface area contributed by atoms with E-state index in [1.165, 1.54) is 4.90 Å². The van der Waals surface area contributed by atoms with Crippen LogP contribution in [-0.4, -0.2) is 23.4 Å². The van der Waals surface area contributed by atoms with Crippen LogP contribution in [0.5, 0.6) is 0 Å². The van der Waals surface area contributed by atoms with Crippen LogP contribution in [0, 0.1) is 5.92 Å². The second kappa shape index (κ2) is 6.53. The summed E-state index contributed by atoms with van der Waals surface area (Å²) in [6.45, 7) is 0. The molecule has 0 radical (unpaired) electrons. The minimum atomic E-state index is -0.661. The summed E-state index contributed by atoms with van der Waals surface area (Å²) in [5.74, 6) is -0.830. The topological polar surface area (TPSA) is 49.3 Å². The van der Waals surface area contributed by atoms with Gasteiger partial charge in [-0.05, 0) is 50.1 Å². The molecule has 1 aliphatic carbocycles. The molecule has 0 aromatic heterocycles. The van der Waals surface area contributed by atoms with E-state index in [-0.39, 0.29) is 5.92 Å². The second-order valence-corrected chi connectivity index (χ2v) is 6.16. The fourth-order valence-corrected chi connectivity index (χ4v) is 3.21. The van der Waals surface area contributed by atoms with E-state index in [0.717, 1.165) is 36.4 Å². The number of rotatable bonds is 4. The van der Waals surface area contributed by atoms with Gasteiger partial charge < -0.3 is 10.4 Å². The molecule has 3 nitrogen and oxygen atoms in total. The van der Waals surface area contributed by atoms with E-state index in [1.807, 2.05) is 24.5 Å². The van der Waals surface area contributed by atoms with Crippen LogP contribution < -0.4 is 5.32 Å². The van der Waals surface area contributed by atoms with Gasteiger partial charge in [0.05, 0.1) is 5.92 Å². The lowest BCUT2D eigenvalue weighted by Gasteiger charge is -2.28. The highest BCUT2D eigenvalue weighted by molar-refractivity contribution is 7.98. The molecule has 19 heavy (non-hydrogen) atoms. The molecule has 0 spiro atoms. The summed E-state index contributed by atoms with van der Waals surface area (Å²) in [4.78, 5) is 12.1. The largest absolute Gasteiger partial charge is 0.481 e. The monoisotopic (exact) mass is 299 g/mol. The van der Waals surface area contributed by atoms with Crippen molar-refractivity contribution in [3.63, 3.8) is 0 Å². The van der Waals surface area contributed by atoms with E-state index in [4.69, 9.17) is 16.7 Å². The Labute approximate surface area is 122 Å². The number of carbonyl (C=O) groups is 1. The Kier molecular flexibility index (Phi) is 4.99. The van der Waals surface area contributed by atoms with Gasteiger partial charge >= 0.3 is 5.97 Å². The molecule has 0 aliphatic heterocycles. The molecule has 0 unspecified atom stereocenters. The normalized spacial score (nSPS) is 23.1. The van der Waals surface area contributed by atoms with Gasteiger partial charge in [-0.15, -0.1) is 11.8 Å². The molecular weight excluding hydrogens is 282 g/mol. The van der Waals surface area contributed by atoms with Crippen LogP contribution in [0.25, 0.3) is 0 Å². The maximum absolute atomic E-state index is 10.9. The molecule has 1 aliphatic rings. The summed E-state index contributed by atoms with van der Waals surface area (Å²) in [7, 11) is 0. The Morgan fingerprint density at radius 3 is 2.63 bits per heavy atom. The first-order chi connectivity index (χ1) is 9.10. The molecule has 2 N–H and O–H groups in total. The number of hydrogen-bond acceptors (Lipinski definition) is 3. The highest BCUT2D eigenvalue weighted by Crippen LogP contribution is 2.32. The molecule has 0 saturated heterocycles. The number of carboxylic acids is 1. The maximum atomic E-state index is 10.9. The Bertz CT molecular complexity index is 459. The van der Waals surface area contributed by atoms with Crippen LogP contribution in [0.2, 0.25) is 5.02 Å². The van der Waals surface area contributed by atoms with E-state index < -0.39 is 5.97 Å². The van der Waals surface area contributed by atoms with Crippen molar-refractivity contribution in [2.75, 3.05) is 11.6 Å². The fraction of sp³-hybridized carbons (Fsp3) is 0.500. The van der Waals surface area contributed by atoms with Gasteiger partial charge in [0.15, 0.2) is 0 Å². The van der Waals surface area contributed by atoms with Crippen molar-refractivity contribution in [3.8, 4) is 0 Å². The third-order valence-corrected chi connectivity index (χ3v) is 4.63. The molecule has 1 fully saturated rings. The van der Waals surface area contributed by atoms with E-state index in [0.29, 0.717) is 6.04 Å². The van der Waals surface area contributed by atoms with E-state index in [2.05, 4.69) is 5.32 Å². The quantitative estimate of drug-likeness (QED) is 0.821. The van der Waals surface area contributed by atoms with Crippen molar-refractivity contribution < 1.29 is 9.90 Å². The number of thioether (sulfide) groups is 1. The predicted octanol–water partition coefficient (Wildman–Crippen LogP) is 4.12. The second-order valence-electron chi connectivity index (χ2n) is 4.88. The van der Waals surface area contributed by atoms with Gasteiger partial charge in [-0.25, -0.2) is 0 Å². The molecule has 0 amide bonds. The van der Waals surface area contributed by atoms with Gasteiger partial charge in [-0.2, -0.15) is 0 Å². The first-order valence-corrected chi connectivity index (χ1v) is 8.03. The van der Waals surface area contributed by atoms with E-state index >= 15 is 0 Å². The molecule has 5 heteroatoms. The van der Waals surface area contributed by atoms with Crippen molar-refractivity contribution in [2.24, 2.45) is 5.92 Å². The van der Waals surface area contributed by atoms with Gasteiger partial charge in [0.1, 0.15) is 0 Å². The third-order valence-electron chi connectivity index (χ3n) is 3.60. The smallest absolute Gasteiger partial charge is 0.306 e. The molecular formula is C14H18ClNO2S. The summed E-state index contributed by atoms with van der Waals surface area (Å²) >= 11 is 7.71. The minimum absolute atomic E-state index is 0.169. The molecule has 0 heterocycles. The fourth-order valence-electron chi connectivity index (χ4n) is 2.50. The number of halogens is 1. The van der Waals surface area contributed by atoms with Gasteiger partial charge in [-0.3, -0.25) is 4.79 Å². The van der Waals surface area contributed by atoms with Crippen molar-refractivity contribution >= 4 is 35.0 Å². The number of aliphatic carboxylic acids is 1. The van der Waals surface area contributed by atoms with Gasteiger partial charge in [0, 0.05) is 21.6 Å². The summed E-state index contributed by atoms with van der Waals surface area (Å²) in [5, 5.41) is 13.2. The number of benzene rings is 1. The third kappa shape index (κ3) is 3.80. The maximum Gasteiger partial charge on any atom is 0.306 e. The minimum Gasteiger partial charge on any atom is -0.481 e. The molecule has 1 aromatic rings. The summed E-state index contributed by atoms with van der Waals surface area (Å²) in [6, 6.07) is 6.19. The molecule has 1 aromatic carbocycles. The summed E-state index contributed by atoms with van der Waals surface area (Å²) in [5.41, 5.74) is 1.05. The molecule has 0 bridgehead atoms. The van der Waals surface area contributed by atoms with Gasteiger partial charge in [0.2, 0.25) is 0 Å². The Morgan fingerprint density at radius 2 is 2.05 bits per heavy atom. The van der Waals surface area contributed by atoms with E-state index in [9.17, 15) is 4.79 Å². The Balaban J connectivity index is 1.99. The van der Waals surface area contributed by atoms with Crippen LogP contribution in [0.3, 0.4) is 0 Å². The molecule has 104 valence electrons. The predicted molar refractivity (Wildman–Crippen MR) is 80.2 cm³/mol. The number of anilines is 1. The van der Waals surface area contributed by atoms with Crippen molar-refractivity contribution in [1.82, 2.24) is 0 Å². The number of hydrogen-bond donors (Lipinski definition) is 2. The van der Waals surface area contributed by atoms with Crippen molar-refractivity contribution in [3.05, 3.63) is 23.2 Å². The van der Waals surface area contributed by atoms with Crippen molar-refractivity contribution in [1.29, 1.82) is 0 Å². The molecule has 1 saturated carbocycles. The Hall–Kier alpha value is -0.870. The number of carboxylic acid groups (broad SMARTS) is 1. The van der Waals surface area contributed by atoms with Gasteiger partial charge in [-0.1, -0.05) is 11.6 Å². The van der Waals surface area contributed by atoms with Crippen LogP contribution >= 0.6 is 23.4 Å². The first kappa shape index (κ1) is 14.5. The summed E-state index contributed by atoms with van der Waals surface area (Å²) < 4.78 is 0. The highest BCUT2D eigenvalue weighted by Gasteiger charge is 2.26. The van der Waals surface area contributed by atoms with Gasteiger partial charge in [0.25, 0.3) is 0 Å². The standard InChI is InChI=1S/C14H18ClNO2S/c1-19-13-7-4-10(15)8-12(13)16-11-5-2-9(3-6-11)14(17)18/h4,7-9,11,16H,2-3,5-6H2,1H3,(H,17,18). The summed E-state index contributed by atoms with van der Waals surface area (Å²) in [6.07, 6.45) is 5.34. The van der Waals surface area contributed by atoms with Crippen LogP contribution in [0.4, 0.5) is 5.69 Å². The lowest BCUT2D eigenvalue weighted by Crippen LogP contribution is -2.29. The molecule has 2 rings (SSSR count). The SMILES string of the molecule is CSc1ccc(Cl)cc1NC1CCC(C(=O)O)CC1. The van der Waals surface area contributed by atoms with Crippen LogP contribution in [0.15, 0.2) is 23.1 Å². The lowest BCUT2D eigenvalue weighted by atomic mass is 9.86. The zero-order valence-electron chi connectivity index (χ0n) is 10.9. The van der Waals surface area contributed by atoms with Crippen LogP contribution in [-0.2, 0) is 4.79 Å². The van der Waals surface area contributed by atoms with Crippen LogP contribution in [0.1, 0.15) is 25.7 Å². The zero-order valence-corrected chi connectivity index (χ0v) is 12.4. The average molecular weight is 300 g/mol. The average Bonchev–Trinajstić information content (AvgIpc) is 2.39. The zero-order chi connectivity index (χ0) is 13.8. The van der Waals surface area contributed by atoms with E-state index in [1.54, 1.807) is 11.8 Å². The molecule has 0 atom stereocenters. The number of nitrogens with one attached hydrogen (secondary N) is 1. The Morgan fingerprint density at radius 1 is 1.37 bits per heavy atom. The lowest BCUT2D eigenvalue weighted by molar-refractivity contribution is -0.142. The van der Waals surface area contributed by atoms with Crippen molar-refractivity contribution in [2.45, 2.75) is 36.6 Å².